The lowest BCUT2D eigenvalue weighted by Gasteiger charge is -2.30. The van der Waals surface area contributed by atoms with Crippen molar-refractivity contribution < 1.29 is 34.2 Å². The maximum absolute atomic E-state index is 13.1. The molecule has 0 spiro atoms. The number of likely N-dealkylation sites (tertiary alicyclic amines) is 3. The van der Waals surface area contributed by atoms with Crippen molar-refractivity contribution in [2.75, 3.05) is 32.7 Å². The van der Waals surface area contributed by atoms with Crippen LogP contribution < -0.4 is 11.1 Å². The van der Waals surface area contributed by atoms with Gasteiger partial charge in [-0.1, -0.05) is 0 Å². The zero-order valence-corrected chi connectivity index (χ0v) is 17.2. The van der Waals surface area contributed by atoms with Crippen LogP contribution >= 0.6 is 0 Å². The molecular formula is C19H29N5O7. The van der Waals surface area contributed by atoms with Crippen molar-refractivity contribution in [3.8, 4) is 0 Å². The molecule has 3 rings (SSSR count). The van der Waals surface area contributed by atoms with E-state index in [-0.39, 0.29) is 25.4 Å². The van der Waals surface area contributed by atoms with Gasteiger partial charge >= 0.3 is 5.97 Å². The van der Waals surface area contributed by atoms with E-state index in [4.69, 9.17) is 5.73 Å². The number of carboxylic acids is 1. The number of aliphatic carboxylic acids is 1. The lowest BCUT2D eigenvalue weighted by molar-refractivity contribution is -0.148. The highest BCUT2D eigenvalue weighted by atomic mass is 16.4. The van der Waals surface area contributed by atoms with E-state index in [9.17, 15) is 34.2 Å². The zero-order valence-electron chi connectivity index (χ0n) is 17.2. The number of carboxylic acid groups (broad SMARTS) is 1. The van der Waals surface area contributed by atoms with Gasteiger partial charge in [0.1, 0.15) is 18.1 Å². The van der Waals surface area contributed by atoms with Crippen LogP contribution in [0.15, 0.2) is 0 Å². The Morgan fingerprint density at radius 2 is 1.52 bits per heavy atom. The minimum absolute atomic E-state index is 0.0186. The molecule has 0 bridgehead atoms. The molecule has 3 heterocycles. The summed E-state index contributed by atoms with van der Waals surface area (Å²) in [7, 11) is 0. The Labute approximate surface area is 179 Å². The number of hydrogen-bond acceptors (Lipinski definition) is 7. The second-order valence-electron chi connectivity index (χ2n) is 8.15. The van der Waals surface area contributed by atoms with Gasteiger partial charge in [-0.15, -0.1) is 0 Å². The van der Waals surface area contributed by atoms with Crippen molar-refractivity contribution in [3.63, 3.8) is 0 Å². The van der Waals surface area contributed by atoms with E-state index in [1.807, 2.05) is 0 Å². The number of rotatable bonds is 6. The lowest BCUT2D eigenvalue weighted by Crippen LogP contribution is -2.54. The third-order valence-corrected chi connectivity index (χ3v) is 6.17. The van der Waals surface area contributed by atoms with Crippen LogP contribution in [0.1, 0.15) is 32.1 Å². The molecule has 0 aromatic rings. The Kier molecular flexibility index (Phi) is 7.11. The quantitative estimate of drug-likeness (QED) is 0.341. The van der Waals surface area contributed by atoms with Gasteiger partial charge in [-0.25, -0.2) is 4.79 Å². The summed E-state index contributed by atoms with van der Waals surface area (Å²) in [5, 5.41) is 21.7. The molecule has 31 heavy (non-hydrogen) atoms. The number of nitrogens with one attached hydrogen (secondary N) is 1. The van der Waals surface area contributed by atoms with Gasteiger partial charge in [0.25, 0.3) is 0 Å². The molecule has 0 unspecified atom stereocenters. The molecule has 3 aliphatic rings. The third-order valence-electron chi connectivity index (χ3n) is 6.17. The van der Waals surface area contributed by atoms with E-state index in [2.05, 4.69) is 5.32 Å². The first-order valence-corrected chi connectivity index (χ1v) is 10.5. The highest BCUT2D eigenvalue weighted by Gasteiger charge is 2.44. The van der Waals surface area contributed by atoms with Gasteiger partial charge in [0, 0.05) is 26.1 Å². The van der Waals surface area contributed by atoms with Gasteiger partial charge in [-0.3, -0.25) is 19.2 Å². The summed E-state index contributed by atoms with van der Waals surface area (Å²) >= 11 is 0. The summed E-state index contributed by atoms with van der Waals surface area (Å²) in [6.45, 7) is 0.0733. The van der Waals surface area contributed by atoms with Crippen molar-refractivity contribution >= 4 is 29.6 Å². The lowest BCUT2D eigenvalue weighted by atomic mass is 10.1. The topological polar surface area (TPSA) is 174 Å². The number of carbonyl (C=O) groups excluding carboxylic acids is 4. The maximum atomic E-state index is 13.1. The molecule has 0 radical (unpaired) electrons. The smallest absolute Gasteiger partial charge is 0.326 e. The maximum Gasteiger partial charge on any atom is 0.326 e. The molecule has 172 valence electrons. The van der Waals surface area contributed by atoms with Crippen LogP contribution in [0, 0.1) is 0 Å². The minimum atomic E-state index is -1.08. The molecule has 4 atom stereocenters. The van der Waals surface area contributed by atoms with Crippen LogP contribution in [-0.2, 0) is 24.0 Å². The summed E-state index contributed by atoms with van der Waals surface area (Å²) in [5.74, 6) is -2.96. The average molecular weight is 439 g/mol. The largest absolute Gasteiger partial charge is 0.480 e. The Bertz CT molecular complexity index is 760. The van der Waals surface area contributed by atoms with Crippen molar-refractivity contribution in [3.05, 3.63) is 0 Å². The van der Waals surface area contributed by atoms with E-state index < -0.39 is 54.5 Å². The standard InChI is InChI=1S/C19H29N5O7/c20-8-15(26)22-5-1-3-12(22)18(29)24-10-11(25)7-14(24)17(28)21-9-16(27)23-6-2-4-13(23)19(30)31/h11-14,25H,1-10,20H2,(H,21,28)(H,30,31)/t11-,12+,13+,14+/m1/s1. The van der Waals surface area contributed by atoms with Crippen LogP contribution in [0.4, 0.5) is 0 Å². The summed E-state index contributed by atoms with van der Waals surface area (Å²) in [6, 6.07) is -2.59. The first-order valence-electron chi connectivity index (χ1n) is 10.5. The molecule has 5 N–H and O–H groups in total. The molecule has 12 nitrogen and oxygen atoms in total. The Morgan fingerprint density at radius 1 is 0.903 bits per heavy atom. The van der Waals surface area contributed by atoms with E-state index in [0.29, 0.717) is 38.8 Å². The predicted molar refractivity (Wildman–Crippen MR) is 105 cm³/mol. The van der Waals surface area contributed by atoms with Gasteiger partial charge in [-0.05, 0) is 25.7 Å². The van der Waals surface area contributed by atoms with Gasteiger partial charge in [0.05, 0.1) is 19.2 Å². The van der Waals surface area contributed by atoms with Crippen LogP contribution in [0.3, 0.4) is 0 Å². The number of aliphatic hydroxyl groups excluding tert-OH is 1. The van der Waals surface area contributed by atoms with Gasteiger partial charge in [-0.2, -0.15) is 0 Å². The normalized spacial score (nSPS) is 28.1. The van der Waals surface area contributed by atoms with Crippen molar-refractivity contribution in [1.82, 2.24) is 20.0 Å². The molecule has 0 aliphatic carbocycles. The molecular weight excluding hydrogens is 410 g/mol. The second-order valence-corrected chi connectivity index (χ2v) is 8.15. The monoisotopic (exact) mass is 439 g/mol. The molecule has 0 aromatic carbocycles. The SMILES string of the molecule is NCC(=O)N1CCC[C@H]1C(=O)N1C[C@H](O)C[C@H]1C(=O)NCC(=O)N1CCC[C@H]1C(=O)O. The van der Waals surface area contributed by atoms with Crippen LogP contribution in [0.25, 0.3) is 0 Å². The predicted octanol–water partition coefficient (Wildman–Crippen LogP) is -2.91. The highest BCUT2D eigenvalue weighted by molar-refractivity contribution is 5.95. The Hall–Kier alpha value is -2.73. The van der Waals surface area contributed by atoms with Gasteiger partial charge in [0.15, 0.2) is 0 Å². The molecule has 4 amide bonds. The van der Waals surface area contributed by atoms with Crippen LogP contribution in [0.5, 0.6) is 0 Å². The van der Waals surface area contributed by atoms with E-state index in [1.165, 1.54) is 14.7 Å². The minimum Gasteiger partial charge on any atom is -0.480 e. The highest BCUT2D eigenvalue weighted by Crippen LogP contribution is 2.25. The summed E-state index contributed by atoms with van der Waals surface area (Å²) in [6.07, 6.45) is 1.16. The molecule has 0 saturated carbocycles. The van der Waals surface area contributed by atoms with Gasteiger partial charge in [0.2, 0.25) is 23.6 Å². The second kappa shape index (κ2) is 9.60. The fourth-order valence-electron chi connectivity index (χ4n) is 4.64. The Morgan fingerprint density at radius 3 is 2.13 bits per heavy atom. The molecule has 0 aromatic heterocycles. The summed E-state index contributed by atoms with van der Waals surface area (Å²) < 4.78 is 0. The van der Waals surface area contributed by atoms with Gasteiger partial charge < -0.3 is 36.0 Å². The molecule has 3 saturated heterocycles. The van der Waals surface area contributed by atoms with E-state index >= 15 is 0 Å². The van der Waals surface area contributed by atoms with Crippen LogP contribution in [0.2, 0.25) is 0 Å². The van der Waals surface area contributed by atoms with E-state index in [1.54, 1.807) is 0 Å². The van der Waals surface area contributed by atoms with Crippen LogP contribution in [-0.4, -0.2) is 111 Å². The molecule has 12 heteroatoms. The third kappa shape index (κ3) is 4.79. The van der Waals surface area contributed by atoms with Crippen molar-refractivity contribution in [1.29, 1.82) is 0 Å². The first kappa shape index (κ1) is 22.9. The Balaban J connectivity index is 1.62. The van der Waals surface area contributed by atoms with Crippen molar-refractivity contribution in [2.45, 2.75) is 56.3 Å². The number of nitrogens with two attached hydrogens (primary N) is 1. The van der Waals surface area contributed by atoms with E-state index in [0.717, 1.165) is 0 Å². The summed E-state index contributed by atoms with van der Waals surface area (Å²) in [4.78, 5) is 65.3. The first-order chi connectivity index (χ1) is 14.7. The fourth-order valence-corrected chi connectivity index (χ4v) is 4.64. The molecule has 3 aliphatic heterocycles. The number of amides is 4. The van der Waals surface area contributed by atoms with Crippen molar-refractivity contribution in [2.24, 2.45) is 5.73 Å². The number of nitrogens with zero attached hydrogens (tertiary/aromatic N) is 3. The number of hydrogen-bond donors (Lipinski definition) is 4. The average Bonchev–Trinajstić information content (AvgIpc) is 3.49. The molecule has 3 fully saturated rings. The zero-order chi connectivity index (χ0) is 22.7. The fraction of sp³-hybridized carbons (Fsp3) is 0.737. The number of aliphatic hydroxyl groups is 1. The number of β-amino-alcohol motifs (C(OH)–C–C–N with tert-alkyl or cyclic N) is 1. The number of carbonyl (C=O) groups is 5. The summed E-state index contributed by atoms with van der Waals surface area (Å²) in [5.41, 5.74) is 5.42.